The molecule has 0 fully saturated rings. The summed E-state index contributed by atoms with van der Waals surface area (Å²) in [7, 11) is 2.79. The number of methoxy groups -OCH3 is 2. The van der Waals surface area contributed by atoms with E-state index in [0.717, 1.165) is 11.1 Å². The molecule has 5 nitrogen and oxygen atoms in total. The number of fused-ring (bicyclic) bond motifs is 1. The molecule has 0 saturated heterocycles. The summed E-state index contributed by atoms with van der Waals surface area (Å²) < 4.78 is 15.2. The van der Waals surface area contributed by atoms with Crippen molar-refractivity contribution in [2.75, 3.05) is 20.8 Å². The number of aromatic nitrogens is 1. The van der Waals surface area contributed by atoms with E-state index in [1.807, 2.05) is 25.1 Å². The molecular formula is C14H15NO4. The lowest BCUT2D eigenvalue weighted by molar-refractivity contribution is 0.0596. The predicted octanol–water partition coefficient (Wildman–Crippen LogP) is 2.43. The summed E-state index contributed by atoms with van der Waals surface area (Å²) in [5.41, 5.74) is 1.01. The van der Waals surface area contributed by atoms with Gasteiger partial charge < -0.3 is 14.2 Å². The Morgan fingerprint density at radius 2 is 2.05 bits per heavy atom. The number of pyridine rings is 1. The van der Waals surface area contributed by atoms with Crippen molar-refractivity contribution in [3.63, 3.8) is 0 Å². The number of esters is 1. The predicted molar refractivity (Wildman–Crippen MR) is 70.8 cm³/mol. The largest absolute Gasteiger partial charge is 0.494 e. The minimum absolute atomic E-state index is 0.244. The standard InChI is InChI=1S/C14H15NO4/c1-4-19-10-6-5-9-7-11(14(16)18-3)13(17-2)15-12(9)8-10/h5-8H,4H2,1-3H3. The molecule has 0 unspecified atom stereocenters. The number of hydrogen-bond donors (Lipinski definition) is 0. The van der Waals surface area contributed by atoms with Crippen LogP contribution in [0.5, 0.6) is 11.6 Å². The third-order valence-electron chi connectivity index (χ3n) is 2.66. The lowest BCUT2D eigenvalue weighted by atomic mass is 10.1. The maximum Gasteiger partial charge on any atom is 0.343 e. The molecule has 0 aliphatic rings. The van der Waals surface area contributed by atoms with Crippen molar-refractivity contribution in [3.8, 4) is 11.6 Å². The highest BCUT2D eigenvalue weighted by atomic mass is 16.5. The zero-order valence-electron chi connectivity index (χ0n) is 11.1. The molecule has 1 aromatic carbocycles. The molecule has 0 saturated carbocycles. The summed E-state index contributed by atoms with van der Waals surface area (Å²) in [6.45, 7) is 2.50. The van der Waals surface area contributed by atoms with Crippen molar-refractivity contribution in [1.29, 1.82) is 0 Å². The van der Waals surface area contributed by atoms with Gasteiger partial charge in [0.2, 0.25) is 5.88 Å². The monoisotopic (exact) mass is 261 g/mol. The van der Waals surface area contributed by atoms with Gasteiger partial charge in [-0.05, 0) is 25.1 Å². The van der Waals surface area contributed by atoms with Crippen LogP contribution >= 0.6 is 0 Å². The molecule has 0 bridgehead atoms. The highest BCUT2D eigenvalue weighted by Gasteiger charge is 2.15. The Bertz CT molecular complexity index is 610. The van der Waals surface area contributed by atoms with Crippen molar-refractivity contribution in [3.05, 3.63) is 29.8 Å². The molecule has 0 N–H and O–H groups in total. The number of ether oxygens (including phenoxy) is 3. The third-order valence-corrected chi connectivity index (χ3v) is 2.66. The zero-order valence-corrected chi connectivity index (χ0v) is 11.1. The SMILES string of the molecule is CCOc1ccc2cc(C(=O)OC)c(OC)nc2c1. The lowest BCUT2D eigenvalue weighted by Crippen LogP contribution is -2.05. The van der Waals surface area contributed by atoms with E-state index < -0.39 is 5.97 Å². The van der Waals surface area contributed by atoms with Gasteiger partial charge in [-0.25, -0.2) is 9.78 Å². The van der Waals surface area contributed by atoms with Gasteiger partial charge in [0.15, 0.2) is 0 Å². The Morgan fingerprint density at radius 3 is 2.68 bits per heavy atom. The topological polar surface area (TPSA) is 57.7 Å². The molecule has 0 radical (unpaired) electrons. The Balaban J connectivity index is 2.56. The summed E-state index contributed by atoms with van der Waals surface area (Å²) in [6, 6.07) is 7.19. The first-order valence-electron chi connectivity index (χ1n) is 5.89. The molecule has 19 heavy (non-hydrogen) atoms. The quantitative estimate of drug-likeness (QED) is 0.791. The molecule has 1 aromatic heterocycles. The number of rotatable bonds is 4. The van der Waals surface area contributed by atoms with E-state index in [1.54, 1.807) is 6.07 Å². The van der Waals surface area contributed by atoms with Crippen LogP contribution in [0.25, 0.3) is 10.9 Å². The molecule has 0 aliphatic heterocycles. The highest BCUT2D eigenvalue weighted by Crippen LogP contribution is 2.25. The normalized spacial score (nSPS) is 10.3. The van der Waals surface area contributed by atoms with Gasteiger partial charge in [0, 0.05) is 11.5 Å². The van der Waals surface area contributed by atoms with Crippen molar-refractivity contribution in [1.82, 2.24) is 4.98 Å². The number of hydrogen-bond acceptors (Lipinski definition) is 5. The zero-order chi connectivity index (χ0) is 13.8. The summed E-state index contributed by atoms with van der Waals surface area (Å²) >= 11 is 0. The summed E-state index contributed by atoms with van der Waals surface area (Å²) in [5.74, 6) is 0.503. The summed E-state index contributed by atoms with van der Waals surface area (Å²) in [6.07, 6.45) is 0. The van der Waals surface area contributed by atoms with Crippen LogP contribution in [0.4, 0.5) is 0 Å². The molecule has 2 aromatic rings. The van der Waals surface area contributed by atoms with Crippen LogP contribution in [0.3, 0.4) is 0 Å². The van der Waals surface area contributed by atoms with Gasteiger partial charge in [-0.15, -0.1) is 0 Å². The van der Waals surface area contributed by atoms with Crippen LogP contribution in [-0.4, -0.2) is 31.8 Å². The summed E-state index contributed by atoms with van der Waals surface area (Å²) in [5, 5.41) is 0.824. The summed E-state index contributed by atoms with van der Waals surface area (Å²) in [4.78, 5) is 15.9. The Labute approximate surface area is 111 Å². The molecule has 1 heterocycles. The fraction of sp³-hybridized carbons (Fsp3) is 0.286. The fourth-order valence-electron chi connectivity index (χ4n) is 1.80. The van der Waals surface area contributed by atoms with E-state index in [0.29, 0.717) is 17.7 Å². The van der Waals surface area contributed by atoms with Crippen LogP contribution in [0.15, 0.2) is 24.3 Å². The maximum absolute atomic E-state index is 11.6. The number of nitrogens with zero attached hydrogens (tertiary/aromatic N) is 1. The first kappa shape index (κ1) is 13.1. The van der Waals surface area contributed by atoms with Crippen molar-refractivity contribution < 1.29 is 19.0 Å². The van der Waals surface area contributed by atoms with Crippen molar-refractivity contribution >= 4 is 16.9 Å². The molecule has 2 rings (SSSR count). The Kier molecular flexibility index (Phi) is 3.85. The Morgan fingerprint density at radius 1 is 1.26 bits per heavy atom. The van der Waals surface area contributed by atoms with Crippen LogP contribution in [-0.2, 0) is 4.74 Å². The second-order valence-electron chi connectivity index (χ2n) is 3.82. The van der Waals surface area contributed by atoms with Gasteiger partial charge in [-0.2, -0.15) is 0 Å². The van der Waals surface area contributed by atoms with Crippen molar-refractivity contribution in [2.45, 2.75) is 6.92 Å². The van der Waals surface area contributed by atoms with Crippen molar-refractivity contribution in [2.24, 2.45) is 0 Å². The van der Waals surface area contributed by atoms with E-state index >= 15 is 0 Å². The third kappa shape index (κ3) is 2.59. The Hall–Kier alpha value is -2.30. The smallest absolute Gasteiger partial charge is 0.343 e. The second-order valence-corrected chi connectivity index (χ2v) is 3.82. The van der Waals surface area contributed by atoms with Gasteiger partial charge in [-0.1, -0.05) is 0 Å². The molecule has 5 heteroatoms. The first-order chi connectivity index (χ1) is 9.19. The van der Waals surface area contributed by atoms with Crippen LogP contribution in [0, 0.1) is 0 Å². The minimum Gasteiger partial charge on any atom is -0.494 e. The van der Waals surface area contributed by atoms with Gasteiger partial charge in [0.05, 0.1) is 26.3 Å². The molecular weight excluding hydrogens is 246 g/mol. The average molecular weight is 261 g/mol. The van der Waals surface area contributed by atoms with E-state index in [2.05, 4.69) is 4.98 Å². The number of benzene rings is 1. The minimum atomic E-state index is -0.472. The molecule has 100 valence electrons. The average Bonchev–Trinajstić information content (AvgIpc) is 2.45. The van der Waals surface area contributed by atoms with Crippen LogP contribution < -0.4 is 9.47 Å². The van der Waals surface area contributed by atoms with Gasteiger partial charge in [-0.3, -0.25) is 0 Å². The maximum atomic E-state index is 11.6. The lowest BCUT2D eigenvalue weighted by Gasteiger charge is -2.09. The van der Waals surface area contributed by atoms with Gasteiger partial charge >= 0.3 is 5.97 Å². The fourth-order valence-corrected chi connectivity index (χ4v) is 1.80. The van der Waals surface area contributed by atoms with E-state index in [9.17, 15) is 4.79 Å². The number of carbonyl (C=O) groups excluding carboxylic acids is 1. The number of carbonyl (C=O) groups is 1. The van der Waals surface area contributed by atoms with Crippen LogP contribution in [0.2, 0.25) is 0 Å². The van der Waals surface area contributed by atoms with E-state index in [1.165, 1.54) is 14.2 Å². The first-order valence-corrected chi connectivity index (χ1v) is 5.89. The van der Waals surface area contributed by atoms with E-state index in [-0.39, 0.29) is 5.88 Å². The van der Waals surface area contributed by atoms with E-state index in [4.69, 9.17) is 14.2 Å². The molecule has 0 amide bonds. The van der Waals surface area contributed by atoms with Crippen LogP contribution in [0.1, 0.15) is 17.3 Å². The molecule has 0 aliphatic carbocycles. The highest BCUT2D eigenvalue weighted by molar-refractivity contribution is 5.96. The van der Waals surface area contributed by atoms with Gasteiger partial charge in [0.25, 0.3) is 0 Å². The molecule has 0 atom stereocenters. The second kappa shape index (κ2) is 5.56. The molecule has 0 spiro atoms. The van der Waals surface area contributed by atoms with Gasteiger partial charge in [0.1, 0.15) is 11.3 Å².